The van der Waals surface area contributed by atoms with Crippen molar-refractivity contribution in [1.82, 2.24) is 19.5 Å². The van der Waals surface area contributed by atoms with Crippen LogP contribution in [0.3, 0.4) is 0 Å². The van der Waals surface area contributed by atoms with Gasteiger partial charge in [0.1, 0.15) is 5.82 Å². The molecule has 0 bridgehead atoms. The van der Waals surface area contributed by atoms with Crippen LogP contribution < -0.4 is 4.90 Å². The van der Waals surface area contributed by atoms with Gasteiger partial charge in [0, 0.05) is 38.3 Å². The number of piperazine rings is 1. The molecular weight excluding hydrogens is 329 g/mol. The largest absolute Gasteiger partial charge is 0.395 e. The molecule has 0 aliphatic carbocycles. The number of nitrogens with zero attached hydrogens (tertiary/aromatic N) is 5. The predicted molar refractivity (Wildman–Crippen MR) is 92.0 cm³/mol. The predicted octanol–water partition coefficient (Wildman–Crippen LogP) is 1.71. The molecule has 126 valence electrons. The molecule has 6 nitrogen and oxygen atoms in total. The van der Waals surface area contributed by atoms with Crippen LogP contribution in [0.5, 0.6) is 0 Å². The lowest BCUT2D eigenvalue weighted by Crippen LogP contribution is -2.47. The first-order valence-electron chi connectivity index (χ1n) is 7.93. The molecule has 1 saturated heterocycles. The maximum absolute atomic E-state index is 13.0. The van der Waals surface area contributed by atoms with E-state index in [4.69, 9.17) is 5.11 Å². The number of fused-ring (bicyclic) bond motifs is 1. The SMILES string of the molecule is OCCN1CCN(c2nn3cc(-c4ccc(F)cc4)nc3s2)CC1. The average molecular weight is 347 g/mol. The molecule has 0 amide bonds. The van der Waals surface area contributed by atoms with Crippen molar-refractivity contribution in [2.45, 2.75) is 0 Å². The number of anilines is 1. The van der Waals surface area contributed by atoms with E-state index in [9.17, 15) is 4.39 Å². The van der Waals surface area contributed by atoms with Crippen LogP contribution in [0.15, 0.2) is 30.5 Å². The fourth-order valence-corrected chi connectivity index (χ4v) is 3.82. The Kier molecular flexibility index (Phi) is 4.17. The second kappa shape index (κ2) is 6.46. The number of aromatic nitrogens is 3. The lowest BCUT2D eigenvalue weighted by atomic mass is 10.2. The van der Waals surface area contributed by atoms with E-state index in [1.807, 2.05) is 6.20 Å². The van der Waals surface area contributed by atoms with Crippen molar-refractivity contribution in [3.63, 3.8) is 0 Å². The third kappa shape index (κ3) is 3.00. The van der Waals surface area contributed by atoms with Gasteiger partial charge >= 0.3 is 0 Å². The van der Waals surface area contributed by atoms with Crippen LogP contribution in [0, 0.1) is 5.82 Å². The molecule has 0 unspecified atom stereocenters. The quantitative estimate of drug-likeness (QED) is 0.779. The Morgan fingerprint density at radius 1 is 1.12 bits per heavy atom. The maximum atomic E-state index is 13.0. The number of rotatable bonds is 4. The second-order valence-electron chi connectivity index (χ2n) is 5.80. The standard InChI is InChI=1S/C16H18FN5OS/c17-13-3-1-12(2-4-13)14-11-22-15(18-14)24-16(19-22)21-7-5-20(6-8-21)9-10-23/h1-4,11,23H,5-10H2. The Balaban J connectivity index is 1.51. The molecule has 0 atom stereocenters. The summed E-state index contributed by atoms with van der Waals surface area (Å²) >= 11 is 1.56. The summed E-state index contributed by atoms with van der Waals surface area (Å²) in [7, 11) is 0. The lowest BCUT2D eigenvalue weighted by molar-refractivity contribution is 0.188. The van der Waals surface area contributed by atoms with Crippen LogP contribution in [-0.2, 0) is 0 Å². The highest BCUT2D eigenvalue weighted by Gasteiger charge is 2.20. The molecule has 1 fully saturated rings. The number of hydrogen-bond acceptors (Lipinski definition) is 6. The number of halogens is 1. The molecule has 0 radical (unpaired) electrons. The average Bonchev–Trinajstić information content (AvgIpc) is 3.15. The maximum Gasteiger partial charge on any atom is 0.214 e. The Bertz CT molecular complexity index is 791. The molecule has 2 aromatic heterocycles. The number of aliphatic hydroxyl groups excluding tert-OH is 1. The fourth-order valence-electron chi connectivity index (χ4n) is 2.88. The number of hydrogen-bond donors (Lipinski definition) is 1. The Labute approximate surface area is 142 Å². The van der Waals surface area contributed by atoms with E-state index < -0.39 is 0 Å². The summed E-state index contributed by atoms with van der Waals surface area (Å²) in [6, 6.07) is 6.33. The van der Waals surface area contributed by atoms with Gasteiger partial charge < -0.3 is 10.0 Å². The van der Waals surface area contributed by atoms with Crippen molar-refractivity contribution >= 4 is 21.4 Å². The summed E-state index contributed by atoms with van der Waals surface area (Å²) in [5, 5.41) is 14.6. The number of β-amino-alcohol motifs (C(OH)–C–C–N with tert-alkyl or cyclic N) is 1. The third-order valence-corrected chi connectivity index (χ3v) is 5.21. The Hall–Kier alpha value is -2.03. The topological polar surface area (TPSA) is 56.9 Å². The smallest absolute Gasteiger partial charge is 0.214 e. The van der Waals surface area contributed by atoms with Gasteiger partial charge in [0.25, 0.3) is 0 Å². The van der Waals surface area contributed by atoms with Crippen LogP contribution >= 0.6 is 11.3 Å². The van der Waals surface area contributed by atoms with Gasteiger partial charge in [0.2, 0.25) is 10.1 Å². The van der Waals surface area contributed by atoms with Gasteiger partial charge in [0.05, 0.1) is 18.5 Å². The molecule has 0 saturated carbocycles. The number of benzene rings is 1. The minimum atomic E-state index is -0.250. The van der Waals surface area contributed by atoms with E-state index in [-0.39, 0.29) is 12.4 Å². The first-order chi connectivity index (χ1) is 11.7. The first kappa shape index (κ1) is 15.5. The van der Waals surface area contributed by atoms with Crippen LogP contribution in [0.1, 0.15) is 0 Å². The van der Waals surface area contributed by atoms with Gasteiger partial charge in [-0.15, -0.1) is 5.10 Å². The third-order valence-electron chi connectivity index (χ3n) is 4.23. The summed E-state index contributed by atoms with van der Waals surface area (Å²) in [6.45, 7) is 4.61. The van der Waals surface area contributed by atoms with E-state index in [2.05, 4.69) is 19.9 Å². The summed E-state index contributed by atoms with van der Waals surface area (Å²) in [6.07, 6.45) is 1.88. The number of aliphatic hydroxyl groups is 1. The fraction of sp³-hybridized carbons (Fsp3) is 0.375. The van der Waals surface area contributed by atoms with Crippen molar-refractivity contribution < 1.29 is 9.50 Å². The molecule has 1 N–H and O–H groups in total. The van der Waals surface area contributed by atoms with Gasteiger partial charge in [-0.3, -0.25) is 4.90 Å². The zero-order valence-corrected chi connectivity index (χ0v) is 13.9. The van der Waals surface area contributed by atoms with Crippen molar-refractivity contribution in [2.24, 2.45) is 0 Å². The monoisotopic (exact) mass is 347 g/mol. The highest BCUT2D eigenvalue weighted by atomic mass is 32.1. The molecule has 24 heavy (non-hydrogen) atoms. The zero-order chi connectivity index (χ0) is 16.5. The molecule has 8 heteroatoms. The van der Waals surface area contributed by atoms with Crippen molar-refractivity contribution in [2.75, 3.05) is 44.2 Å². The van der Waals surface area contributed by atoms with Gasteiger partial charge in [-0.1, -0.05) is 11.3 Å². The molecule has 1 aliphatic heterocycles. The Morgan fingerprint density at radius 2 is 1.88 bits per heavy atom. The van der Waals surface area contributed by atoms with Crippen LogP contribution in [0.4, 0.5) is 9.52 Å². The lowest BCUT2D eigenvalue weighted by Gasteiger charge is -2.33. The summed E-state index contributed by atoms with van der Waals surface area (Å²) < 4.78 is 14.8. The van der Waals surface area contributed by atoms with Gasteiger partial charge in [-0.05, 0) is 24.3 Å². The van der Waals surface area contributed by atoms with Gasteiger partial charge in [-0.2, -0.15) is 0 Å². The number of imidazole rings is 1. The minimum absolute atomic E-state index is 0.206. The molecule has 1 aliphatic rings. The molecule has 4 rings (SSSR count). The first-order valence-corrected chi connectivity index (χ1v) is 8.75. The molecule has 3 aromatic rings. The highest BCUT2D eigenvalue weighted by Crippen LogP contribution is 2.27. The van der Waals surface area contributed by atoms with Gasteiger partial charge in [-0.25, -0.2) is 13.9 Å². The summed E-state index contributed by atoms with van der Waals surface area (Å²) in [5.41, 5.74) is 1.68. The van der Waals surface area contributed by atoms with Crippen molar-refractivity contribution in [3.05, 3.63) is 36.3 Å². The van der Waals surface area contributed by atoms with E-state index in [0.29, 0.717) is 0 Å². The zero-order valence-electron chi connectivity index (χ0n) is 13.1. The Morgan fingerprint density at radius 3 is 2.54 bits per heavy atom. The molecule has 3 heterocycles. The van der Waals surface area contributed by atoms with Crippen LogP contribution in [0.25, 0.3) is 16.2 Å². The van der Waals surface area contributed by atoms with E-state index in [0.717, 1.165) is 54.1 Å². The van der Waals surface area contributed by atoms with E-state index >= 15 is 0 Å². The van der Waals surface area contributed by atoms with Crippen LogP contribution in [-0.4, -0.2) is 63.9 Å². The molecular formula is C16H18FN5OS. The molecule has 0 spiro atoms. The summed E-state index contributed by atoms with van der Waals surface area (Å²) in [5.74, 6) is -0.250. The van der Waals surface area contributed by atoms with Crippen molar-refractivity contribution in [3.8, 4) is 11.3 Å². The van der Waals surface area contributed by atoms with E-state index in [1.165, 1.54) is 12.1 Å². The normalized spacial score (nSPS) is 16.2. The second-order valence-corrected chi connectivity index (χ2v) is 6.73. The van der Waals surface area contributed by atoms with Crippen molar-refractivity contribution in [1.29, 1.82) is 0 Å². The van der Waals surface area contributed by atoms with Crippen LogP contribution in [0.2, 0.25) is 0 Å². The minimum Gasteiger partial charge on any atom is -0.395 e. The summed E-state index contributed by atoms with van der Waals surface area (Å²) in [4.78, 5) is 9.94. The van der Waals surface area contributed by atoms with Gasteiger partial charge in [0.15, 0.2) is 0 Å². The van der Waals surface area contributed by atoms with E-state index in [1.54, 1.807) is 28.0 Å². The highest BCUT2D eigenvalue weighted by molar-refractivity contribution is 7.20. The molecule has 1 aromatic carbocycles.